The second-order valence-corrected chi connectivity index (χ2v) is 7.05. The van der Waals surface area contributed by atoms with Crippen molar-refractivity contribution in [2.24, 2.45) is 0 Å². The van der Waals surface area contributed by atoms with Gasteiger partial charge in [0.25, 0.3) is 10.2 Å². The Labute approximate surface area is 121 Å². The molecule has 0 amide bonds. The van der Waals surface area contributed by atoms with E-state index in [0.29, 0.717) is 19.5 Å². The van der Waals surface area contributed by atoms with Crippen LogP contribution in [0.25, 0.3) is 0 Å². The largest absolute Gasteiger partial charge is 0.399 e. The highest BCUT2D eigenvalue weighted by atomic mass is 32.2. The Bertz CT molecular complexity index is 528. The molecule has 6 heteroatoms. The fourth-order valence-electron chi connectivity index (χ4n) is 2.52. The van der Waals surface area contributed by atoms with E-state index < -0.39 is 10.2 Å². The van der Waals surface area contributed by atoms with Crippen LogP contribution in [0.5, 0.6) is 0 Å². The van der Waals surface area contributed by atoms with Gasteiger partial charge >= 0.3 is 0 Å². The molecule has 0 spiro atoms. The lowest BCUT2D eigenvalue weighted by Gasteiger charge is -2.32. The minimum Gasteiger partial charge on any atom is -0.399 e. The van der Waals surface area contributed by atoms with Crippen LogP contribution in [0.4, 0.5) is 5.69 Å². The van der Waals surface area contributed by atoms with Crippen molar-refractivity contribution in [2.45, 2.75) is 38.6 Å². The lowest BCUT2D eigenvalue weighted by atomic mass is 10.1. The molecule has 1 atom stereocenters. The maximum absolute atomic E-state index is 12.2. The number of nitrogens with zero attached hydrogens (tertiary/aromatic N) is 1. The summed E-state index contributed by atoms with van der Waals surface area (Å²) in [5.74, 6) is 0. The van der Waals surface area contributed by atoms with Crippen LogP contribution in [0.3, 0.4) is 0 Å². The Hall–Kier alpha value is -1.11. The fourth-order valence-corrected chi connectivity index (χ4v) is 3.99. The SMILES string of the molecule is CC1CCCCN1S(=O)(=O)NCCc1ccc(N)cc1. The van der Waals surface area contributed by atoms with Gasteiger partial charge in [-0.1, -0.05) is 18.6 Å². The van der Waals surface area contributed by atoms with Gasteiger partial charge in [0, 0.05) is 24.8 Å². The Morgan fingerprint density at radius 1 is 1.30 bits per heavy atom. The smallest absolute Gasteiger partial charge is 0.279 e. The Morgan fingerprint density at radius 2 is 2.00 bits per heavy atom. The molecule has 5 nitrogen and oxygen atoms in total. The summed E-state index contributed by atoms with van der Waals surface area (Å²) in [6, 6.07) is 7.60. The van der Waals surface area contributed by atoms with Crippen LogP contribution >= 0.6 is 0 Å². The van der Waals surface area contributed by atoms with Crippen molar-refractivity contribution in [2.75, 3.05) is 18.8 Å². The van der Waals surface area contributed by atoms with Gasteiger partial charge < -0.3 is 5.73 Å². The first-order valence-corrected chi connectivity index (χ1v) is 8.54. The highest BCUT2D eigenvalue weighted by molar-refractivity contribution is 7.87. The van der Waals surface area contributed by atoms with E-state index in [-0.39, 0.29) is 6.04 Å². The van der Waals surface area contributed by atoms with Gasteiger partial charge in [-0.2, -0.15) is 12.7 Å². The molecule has 1 fully saturated rings. The summed E-state index contributed by atoms with van der Waals surface area (Å²) in [4.78, 5) is 0. The van der Waals surface area contributed by atoms with E-state index >= 15 is 0 Å². The summed E-state index contributed by atoms with van der Waals surface area (Å²) < 4.78 is 28.7. The van der Waals surface area contributed by atoms with Crippen LogP contribution in [-0.2, 0) is 16.6 Å². The van der Waals surface area contributed by atoms with Crippen LogP contribution in [0.1, 0.15) is 31.7 Å². The van der Waals surface area contributed by atoms with Gasteiger partial charge in [-0.25, -0.2) is 4.72 Å². The Kier molecular flexibility index (Phi) is 5.01. The molecule has 1 aromatic rings. The van der Waals surface area contributed by atoms with Gasteiger partial charge in [0.05, 0.1) is 0 Å². The van der Waals surface area contributed by atoms with Gasteiger partial charge in [0.15, 0.2) is 0 Å². The van der Waals surface area contributed by atoms with Crippen molar-refractivity contribution < 1.29 is 8.42 Å². The van der Waals surface area contributed by atoms with Crippen molar-refractivity contribution >= 4 is 15.9 Å². The van der Waals surface area contributed by atoms with Gasteiger partial charge in [-0.15, -0.1) is 0 Å². The molecule has 0 aromatic heterocycles. The second kappa shape index (κ2) is 6.56. The molecular weight excluding hydrogens is 274 g/mol. The summed E-state index contributed by atoms with van der Waals surface area (Å²) in [5, 5.41) is 0. The lowest BCUT2D eigenvalue weighted by molar-refractivity contribution is 0.265. The first-order valence-electron chi connectivity index (χ1n) is 7.10. The molecule has 1 heterocycles. The molecule has 1 aliphatic rings. The number of anilines is 1. The number of piperidine rings is 1. The maximum atomic E-state index is 12.2. The number of nitrogens with one attached hydrogen (secondary N) is 1. The Morgan fingerprint density at radius 3 is 2.65 bits per heavy atom. The monoisotopic (exact) mass is 297 g/mol. The third-order valence-corrected chi connectivity index (χ3v) is 5.46. The summed E-state index contributed by atoms with van der Waals surface area (Å²) in [6.07, 6.45) is 3.67. The molecule has 0 radical (unpaired) electrons. The van der Waals surface area contributed by atoms with E-state index in [1.807, 2.05) is 31.2 Å². The van der Waals surface area contributed by atoms with Crippen LogP contribution in [0, 0.1) is 0 Å². The number of nitrogens with two attached hydrogens (primary N) is 1. The van der Waals surface area contributed by atoms with Crippen molar-refractivity contribution in [3.63, 3.8) is 0 Å². The van der Waals surface area contributed by atoms with Gasteiger partial charge in [-0.05, 0) is 43.9 Å². The highest BCUT2D eigenvalue weighted by Crippen LogP contribution is 2.19. The molecule has 2 rings (SSSR count). The number of hydrogen-bond acceptors (Lipinski definition) is 3. The molecule has 0 aliphatic carbocycles. The summed E-state index contributed by atoms with van der Waals surface area (Å²) in [6.45, 7) is 3.01. The molecule has 0 saturated carbocycles. The zero-order chi connectivity index (χ0) is 14.6. The van der Waals surface area contributed by atoms with E-state index in [0.717, 1.165) is 30.5 Å². The van der Waals surface area contributed by atoms with Crippen molar-refractivity contribution in [3.05, 3.63) is 29.8 Å². The minimum absolute atomic E-state index is 0.0952. The lowest BCUT2D eigenvalue weighted by Crippen LogP contribution is -2.48. The predicted octanol–water partition coefficient (Wildman–Crippen LogP) is 1.52. The molecule has 1 saturated heterocycles. The maximum Gasteiger partial charge on any atom is 0.279 e. The van der Waals surface area contributed by atoms with Crippen LogP contribution in [0.15, 0.2) is 24.3 Å². The summed E-state index contributed by atoms with van der Waals surface area (Å²) in [7, 11) is -3.35. The molecule has 1 aliphatic heterocycles. The zero-order valence-electron chi connectivity index (χ0n) is 11.9. The molecular formula is C14H23N3O2S. The van der Waals surface area contributed by atoms with Gasteiger partial charge in [0.1, 0.15) is 0 Å². The molecule has 0 bridgehead atoms. The Balaban J connectivity index is 1.87. The van der Waals surface area contributed by atoms with E-state index in [1.165, 1.54) is 0 Å². The van der Waals surface area contributed by atoms with Gasteiger partial charge in [-0.3, -0.25) is 0 Å². The quantitative estimate of drug-likeness (QED) is 0.809. The average molecular weight is 297 g/mol. The van der Waals surface area contributed by atoms with E-state index in [2.05, 4.69) is 4.72 Å². The number of benzene rings is 1. The van der Waals surface area contributed by atoms with Crippen molar-refractivity contribution in [1.82, 2.24) is 9.03 Å². The second-order valence-electron chi connectivity index (χ2n) is 5.35. The third kappa shape index (κ3) is 3.94. The molecule has 3 N–H and O–H groups in total. The predicted molar refractivity (Wildman–Crippen MR) is 81.5 cm³/mol. The average Bonchev–Trinajstić information content (AvgIpc) is 2.41. The molecule has 20 heavy (non-hydrogen) atoms. The molecule has 1 aromatic carbocycles. The molecule has 1 unspecified atom stereocenters. The topological polar surface area (TPSA) is 75.4 Å². The van der Waals surface area contributed by atoms with Crippen molar-refractivity contribution in [1.29, 1.82) is 0 Å². The van der Waals surface area contributed by atoms with Crippen LogP contribution < -0.4 is 10.5 Å². The summed E-state index contributed by atoms with van der Waals surface area (Å²) >= 11 is 0. The minimum atomic E-state index is -3.35. The van der Waals surface area contributed by atoms with Crippen LogP contribution in [0.2, 0.25) is 0 Å². The van der Waals surface area contributed by atoms with E-state index in [9.17, 15) is 8.42 Å². The van der Waals surface area contributed by atoms with Crippen LogP contribution in [-0.4, -0.2) is 31.9 Å². The standard InChI is InChI=1S/C14H23N3O2S/c1-12-4-2-3-11-17(12)20(18,19)16-10-9-13-5-7-14(15)8-6-13/h5-8,12,16H,2-4,9-11,15H2,1H3. The van der Waals surface area contributed by atoms with E-state index in [4.69, 9.17) is 5.73 Å². The summed E-state index contributed by atoms with van der Waals surface area (Å²) in [5.41, 5.74) is 7.42. The first kappa shape index (κ1) is 15.3. The normalized spacial score (nSPS) is 20.9. The number of rotatable bonds is 5. The highest BCUT2D eigenvalue weighted by Gasteiger charge is 2.28. The van der Waals surface area contributed by atoms with Crippen molar-refractivity contribution in [3.8, 4) is 0 Å². The van der Waals surface area contributed by atoms with E-state index in [1.54, 1.807) is 4.31 Å². The number of hydrogen-bond donors (Lipinski definition) is 2. The molecule has 112 valence electrons. The van der Waals surface area contributed by atoms with Gasteiger partial charge in [0.2, 0.25) is 0 Å². The number of nitrogen functional groups attached to an aromatic ring is 1. The zero-order valence-corrected chi connectivity index (χ0v) is 12.7. The third-order valence-electron chi connectivity index (χ3n) is 3.73. The fraction of sp³-hybridized carbons (Fsp3) is 0.571. The first-order chi connectivity index (χ1) is 9.49.